The van der Waals surface area contributed by atoms with Crippen LogP contribution in [-0.2, 0) is 4.79 Å². The van der Waals surface area contributed by atoms with Gasteiger partial charge in [0, 0.05) is 43.9 Å². The van der Waals surface area contributed by atoms with Crippen LogP contribution < -0.4 is 15.5 Å². The Balaban J connectivity index is 1.25. The fourth-order valence-corrected chi connectivity index (χ4v) is 4.73. The van der Waals surface area contributed by atoms with E-state index < -0.39 is 0 Å². The lowest BCUT2D eigenvalue weighted by Crippen LogP contribution is -2.41. The van der Waals surface area contributed by atoms with Gasteiger partial charge in [0.25, 0.3) is 0 Å². The van der Waals surface area contributed by atoms with Crippen molar-refractivity contribution < 1.29 is 4.79 Å². The molecule has 8 heteroatoms. The molecular weight excluding hydrogens is 433 g/mol. The number of rotatable bonds is 6. The number of hydrogen-bond acceptors (Lipinski definition) is 5. The maximum Gasteiger partial charge on any atom is 0.224 e. The molecule has 0 saturated heterocycles. The van der Waals surface area contributed by atoms with Gasteiger partial charge in [0.05, 0.1) is 10.0 Å². The van der Waals surface area contributed by atoms with E-state index in [1.54, 1.807) is 6.07 Å². The van der Waals surface area contributed by atoms with Gasteiger partial charge in [0.2, 0.25) is 11.9 Å². The van der Waals surface area contributed by atoms with Gasteiger partial charge in [-0.1, -0.05) is 29.3 Å². The number of aromatic nitrogens is 2. The fraction of sp³-hybridized carbons (Fsp3) is 0.522. The van der Waals surface area contributed by atoms with Crippen LogP contribution in [0.5, 0.6) is 0 Å². The normalized spacial score (nSPS) is 25.1. The zero-order valence-corrected chi connectivity index (χ0v) is 19.7. The summed E-state index contributed by atoms with van der Waals surface area (Å²) in [5.41, 5.74) is 2.15. The second-order valence-electron chi connectivity index (χ2n) is 8.92. The summed E-state index contributed by atoms with van der Waals surface area (Å²) in [5, 5.41) is 7.82. The van der Waals surface area contributed by atoms with Gasteiger partial charge in [0.15, 0.2) is 0 Å². The van der Waals surface area contributed by atoms with Crippen molar-refractivity contribution >= 4 is 40.9 Å². The molecule has 2 aromatic rings. The third-order valence-electron chi connectivity index (χ3n) is 6.27. The zero-order valence-electron chi connectivity index (χ0n) is 18.2. The lowest BCUT2D eigenvalue weighted by atomic mass is 9.91. The molecule has 0 spiro atoms. The molecule has 2 aliphatic carbocycles. The van der Waals surface area contributed by atoms with Crippen LogP contribution in [0.3, 0.4) is 0 Å². The van der Waals surface area contributed by atoms with Crippen LogP contribution in [-0.4, -0.2) is 42.1 Å². The summed E-state index contributed by atoms with van der Waals surface area (Å²) >= 11 is 12.1. The lowest BCUT2D eigenvalue weighted by molar-refractivity contribution is -0.123. The van der Waals surface area contributed by atoms with E-state index in [4.69, 9.17) is 23.2 Å². The Morgan fingerprint density at radius 3 is 2.48 bits per heavy atom. The molecule has 2 aliphatic rings. The summed E-state index contributed by atoms with van der Waals surface area (Å²) in [5.74, 6) is 2.05. The quantitative estimate of drug-likeness (QED) is 0.646. The van der Waals surface area contributed by atoms with Crippen molar-refractivity contribution in [2.45, 2.75) is 57.0 Å². The SMILES string of the molecule is Cc1cnc(NC2CCC(NC(=O)C3CC3c3ccc(Cl)c(Cl)c3)CC2)nc1N(C)C. The molecule has 1 heterocycles. The fourth-order valence-electron chi connectivity index (χ4n) is 4.42. The molecule has 1 aromatic carbocycles. The number of halogens is 2. The van der Waals surface area contributed by atoms with Gasteiger partial charge in [-0.25, -0.2) is 4.98 Å². The van der Waals surface area contributed by atoms with Gasteiger partial charge in [-0.2, -0.15) is 4.98 Å². The number of aryl methyl sites for hydroxylation is 1. The molecule has 0 bridgehead atoms. The Labute approximate surface area is 193 Å². The maximum absolute atomic E-state index is 12.7. The molecular formula is C23H29Cl2N5O. The van der Waals surface area contributed by atoms with Crippen LogP contribution in [0, 0.1) is 12.8 Å². The summed E-state index contributed by atoms with van der Waals surface area (Å²) in [6.07, 6.45) is 6.62. The summed E-state index contributed by atoms with van der Waals surface area (Å²) in [6, 6.07) is 6.22. The molecule has 31 heavy (non-hydrogen) atoms. The van der Waals surface area contributed by atoms with Crippen LogP contribution in [0.4, 0.5) is 11.8 Å². The molecule has 0 radical (unpaired) electrons. The van der Waals surface area contributed by atoms with Crippen molar-refractivity contribution in [3.8, 4) is 0 Å². The second kappa shape index (κ2) is 9.21. The Morgan fingerprint density at radius 2 is 1.81 bits per heavy atom. The van der Waals surface area contributed by atoms with E-state index in [-0.39, 0.29) is 23.8 Å². The Bertz CT molecular complexity index is 959. The standard InChI is InChI=1S/C23H29Cl2N5O/c1-13-12-26-23(29-21(13)30(2)3)28-16-7-5-15(6-8-16)27-22(31)18-11-17(18)14-4-9-19(24)20(25)10-14/h4,9-10,12,15-18H,5-8,11H2,1-3H3,(H,27,31)(H,26,28,29). The largest absolute Gasteiger partial charge is 0.362 e. The number of hydrogen-bond donors (Lipinski definition) is 2. The van der Waals surface area contributed by atoms with E-state index in [2.05, 4.69) is 20.6 Å². The van der Waals surface area contributed by atoms with Gasteiger partial charge in [-0.15, -0.1) is 0 Å². The van der Waals surface area contributed by atoms with Crippen LogP contribution in [0.1, 0.15) is 49.1 Å². The third kappa shape index (κ3) is 5.24. The lowest BCUT2D eigenvalue weighted by Gasteiger charge is -2.30. The van der Waals surface area contributed by atoms with Gasteiger partial charge < -0.3 is 15.5 Å². The first kappa shape index (κ1) is 22.2. The van der Waals surface area contributed by atoms with Crippen LogP contribution >= 0.6 is 23.2 Å². The summed E-state index contributed by atoms with van der Waals surface area (Å²) < 4.78 is 0. The van der Waals surface area contributed by atoms with E-state index in [0.29, 0.717) is 22.0 Å². The molecule has 0 aliphatic heterocycles. The van der Waals surface area contributed by atoms with Crippen molar-refractivity contribution in [2.24, 2.45) is 5.92 Å². The van der Waals surface area contributed by atoms with Crippen molar-refractivity contribution in [3.05, 3.63) is 45.6 Å². The molecule has 4 rings (SSSR count). The highest BCUT2D eigenvalue weighted by Gasteiger charge is 2.44. The third-order valence-corrected chi connectivity index (χ3v) is 7.01. The van der Waals surface area contributed by atoms with E-state index in [9.17, 15) is 4.79 Å². The minimum absolute atomic E-state index is 0.0403. The van der Waals surface area contributed by atoms with Crippen molar-refractivity contribution in [2.75, 3.05) is 24.3 Å². The van der Waals surface area contributed by atoms with Gasteiger partial charge in [-0.3, -0.25) is 4.79 Å². The number of nitrogens with one attached hydrogen (secondary N) is 2. The number of nitrogens with zero attached hydrogens (tertiary/aromatic N) is 3. The van der Waals surface area contributed by atoms with E-state index in [0.717, 1.165) is 49.0 Å². The van der Waals surface area contributed by atoms with E-state index in [1.165, 1.54) is 0 Å². The second-order valence-corrected chi connectivity index (χ2v) is 9.73. The van der Waals surface area contributed by atoms with E-state index in [1.807, 2.05) is 44.2 Å². The van der Waals surface area contributed by atoms with Crippen molar-refractivity contribution in [3.63, 3.8) is 0 Å². The minimum atomic E-state index is 0.0403. The minimum Gasteiger partial charge on any atom is -0.362 e. The van der Waals surface area contributed by atoms with Gasteiger partial charge in [0.1, 0.15) is 5.82 Å². The number of carbonyl (C=O) groups is 1. The molecule has 2 N–H and O–H groups in total. The number of anilines is 2. The molecule has 2 saturated carbocycles. The van der Waals surface area contributed by atoms with Crippen molar-refractivity contribution in [1.82, 2.24) is 15.3 Å². The first-order valence-corrected chi connectivity index (χ1v) is 11.6. The molecule has 1 aromatic heterocycles. The maximum atomic E-state index is 12.7. The average molecular weight is 462 g/mol. The molecule has 2 unspecified atom stereocenters. The van der Waals surface area contributed by atoms with Crippen molar-refractivity contribution in [1.29, 1.82) is 0 Å². The molecule has 6 nitrogen and oxygen atoms in total. The average Bonchev–Trinajstić information content (AvgIpc) is 3.54. The van der Waals surface area contributed by atoms with Crippen LogP contribution in [0.2, 0.25) is 10.0 Å². The highest BCUT2D eigenvalue weighted by molar-refractivity contribution is 6.42. The smallest absolute Gasteiger partial charge is 0.224 e. The molecule has 1 amide bonds. The zero-order chi connectivity index (χ0) is 22.1. The predicted octanol–water partition coefficient (Wildman–Crippen LogP) is 4.80. The predicted molar refractivity (Wildman–Crippen MR) is 126 cm³/mol. The summed E-state index contributed by atoms with van der Waals surface area (Å²) in [7, 11) is 3.97. The van der Waals surface area contributed by atoms with Crippen LogP contribution in [0.15, 0.2) is 24.4 Å². The molecule has 2 atom stereocenters. The van der Waals surface area contributed by atoms with E-state index >= 15 is 0 Å². The topological polar surface area (TPSA) is 70.1 Å². The Kier molecular flexibility index (Phi) is 6.58. The van der Waals surface area contributed by atoms with Gasteiger partial charge in [-0.05, 0) is 62.6 Å². The number of amides is 1. The Morgan fingerprint density at radius 1 is 1.10 bits per heavy atom. The monoisotopic (exact) mass is 461 g/mol. The summed E-state index contributed by atoms with van der Waals surface area (Å²) in [4.78, 5) is 23.8. The highest BCUT2D eigenvalue weighted by Crippen LogP contribution is 2.48. The first-order chi connectivity index (χ1) is 14.8. The number of carbonyl (C=O) groups excluding carboxylic acids is 1. The molecule has 2 fully saturated rings. The summed E-state index contributed by atoms with van der Waals surface area (Å²) in [6.45, 7) is 2.01. The highest BCUT2D eigenvalue weighted by atomic mass is 35.5. The van der Waals surface area contributed by atoms with Crippen LogP contribution in [0.25, 0.3) is 0 Å². The van der Waals surface area contributed by atoms with Gasteiger partial charge >= 0.3 is 0 Å². The number of benzene rings is 1. The molecule has 166 valence electrons. The first-order valence-electron chi connectivity index (χ1n) is 10.8. The Hall–Kier alpha value is -2.05.